The molecule has 1 aromatic rings. The Morgan fingerprint density at radius 3 is 2.69 bits per heavy atom. The van der Waals surface area contributed by atoms with Gasteiger partial charge in [0.05, 0.1) is 12.7 Å². The average molecular weight is 217 g/mol. The Kier molecular flexibility index (Phi) is 3.37. The van der Waals surface area contributed by atoms with Gasteiger partial charge in [-0.2, -0.15) is 0 Å². The van der Waals surface area contributed by atoms with Gasteiger partial charge in [0.25, 0.3) is 0 Å². The summed E-state index contributed by atoms with van der Waals surface area (Å²) in [6.07, 6.45) is 3.28. The molecule has 0 spiro atoms. The van der Waals surface area contributed by atoms with E-state index >= 15 is 0 Å². The third-order valence-electron chi connectivity index (χ3n) is 2.68. The summed E-state index contributed by atoms with van der Waals surface area (Å²) in [5, 5.41) is 3.29. The van der Waals surface area contributed by atoms with Gasteiger partial charge in [-0.1, -0.05) is 23.8 Å². The van der Waals surface area contributed by atoms with Crippen molar-refractivity contribution in [3.05, 3.63) is 41.0 Å². The van der Waals surface area contributed by atoms with Gasteiger partial charge in [0, 0.05) is 6.54 Å². The van der Waals surface area contributed by atoms with Gasteiger partial charge < -0.3 is 10.1 Å². The minimum absolute atomic E-state index is 0.290. The van der Waals surface area contributed by atoms with Crippen molar-refractivity contribution >= 4 is 12.0 Å². The van der Waals surface area contributed by atoms with Crippen LogP contribution in [0.4, 0.5) is 0 Å². The number of nitrogens with one attached hydrogen (secondary N) is 1. The van der Waals surface area contributed by atoms with Crippen LogP contribution in [0.1, 0.15) is 22.3 Å². The number of carbonyl (C=O) groups is 1. The predicted octanol–water partition coefficient (Wildman–Crippen LogP) is 1.85. The third-order valence-corrected chi connectivity index (χ3v) is 2.68. The van der Waals surface area contributed by atoms with Crippen molar-refractivity contribution in [1.82, 2.24) is 5.32 Å². The zero-order valence-corrected chi connectivity index (χ0v) is 9.32. The van der Waals surface area contributed by atoms with Crippen LogP contribution in [0.3, 0.4) is 0 Å². The Bertz CT molecular complexity index is 398. The first-order valence-electron chi connectivity index (χ1n) is 5.38. The summed E-state index contributed by atoms with van der Waals surface area (Å²) >= 11 is 0. The number of hydrogen-bond acceptors (Lipinski definition) is 3. The Balaban J connectivity index is 2.13. The van der Waals surface area contributed by atoms with Crippen LogP contribution in [0.2, 0.25) is 0 Å². The van der Waals surface area contributed by atoms with Crippen LogP contribution in [-0.2, 0) is 4.74 Å². The molecule has 1 heterocycles. The van der Waals surface area contributed by atoms with E-state index in [9.17, 15) is 4.79 Å². The van der Waals surface area contributed by atoms with Crippen LogP contribution in [-0.4, -0.2) is 26.2 Å². The van der Waals surface area contributed by atoms with Gasteiger partial charge in [-0.25, -0.2) is 4.79 Å². The smallest absolute Gasteiger partial charge is 0.337 e. The predicted molar refractivity (Wildman–Crippen MR) is 63.2 cm³/mol. The lowest BCUT2D eigenvalue weighted by atomic mass is 10.1. The van der Waals surface area contributed by atoms with Crippen LogP contribution in [0.15, 0.2) is 29.8 Å². The number of carbonyl (C=O) groups excluding carboxylic acids is 1. The maximum Gasteiger partial charge on any atom is 0.337 e. The molecular weight excluding hydrogens is 202 g/mol. The second kappa shape index (κ2) is 4.94. The molecule has 1 aromatic carbocycles. The van der Waals surface area contributed by atoms with Crippen molar-refractivity contribution in [2.45, 2.75) is 6.42 Å². The molecule has 0 radical (unpaired) electrons. The summed E-state index contributed by atoms with van der Waals surface area (Å²) in [5.74, 6) is -0.290. The van der Waals surface area contributed by atoms with Crippen molar-refractivity contribution in [3.63, 3.8) is 0 Å². The van der Waals surface area contributed by atoms with Gasteiger partial charge in [0.2, 0.25) is 0 Å². The van der Waals surface area contributed by atoms with E-state index in [-0.39, 0.29) is 5.97 Å². The molecule has 0 unspecified atom stereocenters. The van der Waals surface area contributed by atoms with Crippen molar-refractivity contribution in [1.29, 1.82) is 0 Å². The second-order valence-electron chi connectivity index (χ2n) is 3.84. The summed E-state index contributed by atoms with van der Waals surface area (Å²) in [5.41, 5.74) is 3.13. The van der Waals surface area contributed by atoms with E-state index < -0.39 is 0 Å². The molecule has 1 fully saturated rings. The largest absolute Gasteiger partial charge is 0.465 e. The van der Waals surface area contributed by atoms with Crippen LogP contribution in [0, 0.1) is 0 Å². The van der Waals surface area contributed by atoms with Gasteiger partial charge in [0.15, 0.2) is 0 Å². The first kappa shape index (κ1) is 10.9. The minimum Gasteiger partial charge on any atom is -0.465 e. The molecule has 2 rings (SSSR count). The summed E-state index contributed by atoms with van der Waals surface area (Å²) in [4.78, 5) is 11.2. The van der Waals surface area contributed by atoms with Gasteiger partial charge in [-0.05, 0) is 30.7 Å². The molecule has 0 aliphatic carbocycles. The summed E-state index contributed by atoms with van der Waals surface area (Å²) in [6, 6.07) is 7.47. The highest BCUT2D eigenvalue weighted by atomic mass is 16.5. The molecule has 1 aliphatic heterocycles. The number of methoxy groups -OCH3 is 1. The number of esters is 1. The zero-order valence-electron chi connectivity index (χ0n) is 9.32. The van der Waals surface area contributed by atoms with E-state index in [2.05, 4.69) is 16.1 Å². The maximum atomic E-state index is 11.2. The lowest BCUT2D eigenvalue weighted by Crippen LogP contribution is -2.04. The van der Waals surface area contributed by atoms with E-state index in [1.807, 2.05) is 12.1 Å². The Morgan fingerprint density at radius 2 is 2.12 bits per heavy atom. The Morgan fingerprint density at radius 1 is 1.38 bits per heavy atom. The van der Waals surface area contributed by atoms with Crippen molar-refractivity contribution < 1.29 is 9.53 Å². The van der Waals surface area contributed by atoms with Crippen LogP contribution in [0.25, 0.3) is 6.08 Å². The molecule has 0 amide bonds. The first-order chi connectivity index (χ1) is 7.79. The van der Waals surface area contributed by atoms with E-state index in [4.69, 9.17) is 0 Å². The minimum atomic E-state index is -0.290. The lowest BCUT2D eigenvalue weighted by Gasteiger charge is -2.00. The topological polar surface area (TPSA) is 38.3 Å². The molecule has 3 heteroatoms. The fourth-order valence-electron chi connectivity index (χ4n) is 1.78. The van der Waals surface area contributed by atoms with Crippen LogP contribution >= 0.6 is 0 Å². The molecule has 1 aliphatic rings. The lowest BCUT2D eigenvalue weighted by molar-refractivity contribution is 0.0601. The number of rotatable bonds is 2. The summed E-state index contributed by atoms with van der Waals surface area (Å²) < 4.78 is 4.65. The van der Waals surface area contributed by atoms with Gasteiger partial charge in [-0.3, -0.25) is 0 Å². The maximum absolute atomic E-state index is 11.2. The molecular formula is C13H15NO2. The number of hydrogen-bond donors (Lipinski definition) is 1. The van der Waals surface area contributed by atoms with Gasteiger partial charge >= 0.3 is 5.97 Å². The Hall–Kier alpha value is -1.61. The summed E-state index contributed by atoms with van der Waals surface area (Å²) in [6.45, 7) is 2.03. The molecule has 0 atom stereocenters. The average Bonchev–Trinajstić information content (AvgIpc) is 2.82. The van der Waals surface area contributed by atoms with Crippen molar-refractivity contribution in [2.24, 2.45) is 0 Å². The fourth-order valence-corrected chi connectivity index (χ4v) is 1.78. The molecule has 84 valence electrons. The molecule has 0 aromatic heterocycles. The Labute approximate surface area is 95.1 Å². The molecule has 0 saturated carbocycles. The van der Waals surface area contributed by atoms with E-state index in [1.165, 1.54) is 12.7 Å². The molecule has 1 N–H and O–H groups in total. The molecule has 16 heavy (non-hydrogen) atoms. The van der Waals surface area contributed by atoms with Crippen molar-refractivity contribution in [3.8, 4) is 0 Å². The highest BCUT2D eigenvalue weighted by Gasteiger charge is 2.06. The quantitative estimate of drug-likeness (QED) is 0.768. The monoisotopic (exact) mass is 217 g/mol. The number of ether oxygens (including phenoxy) is 1. The standard InChI is InChI=1S/C13H15NO2/c1-16-13(15)12-4-2-10(3-5-12)8-11-6-7-14-9-11/h2-5,8,14H,6-7,9H2,1H3/b11-8-. The SMILES string of the molecule is COC(=O)c1ccc(/C=C2/CCNC2)cc1. The van der Waals surface area contributed by atoms with Gasteiger partial charge in [0.1, 0.15) is 0 Å². The van der Waals surface area contributed by atoms with Gasteiger partial charge in [-0.15, -0.1) is 0 Å². The van der Waals surface area contributed by atoms with E-state index in [1.54, 1.807) is 12.1 Å². The molecule has 1 saturated heterocycles. The number of benzene rings is 1. The van der Waals surface area contributed by atoms with E-state index in [0.29, 0.717) is 5.56 Å². The van der Waals surface area contributed by atoms with Crippen LogP contribution < -0.4 is 5.32 Å². The highest BCUT2D eigenvalue weighted by molar-refractivity contribution is 5.89. The summed E-state index contributed by atoms with van der Waals surface area (Å²) in [7, 11) is 1.39. The van der Waals surface area contributed by atoms with E-state index in [0.717, 1.165) is 25.1 Å². The third kappa shape index (κ3) is 2.49. The second-order valence-corrected chi connectivity index (χ2v) is 3.84. The van der Waals surface area contributed by atoms with Crippen molar-refractivity contribution in [2.75, 3.05) is 20.2 Å². The van der Waals surface area contributed by atoms with Crippen LogP contribution in [0.5, 0.6) is 0 Å². The fraction of sp³-hybridized carbons (Fsp3) is 0.308. The first-order valence-corrected chi connectivity index (χ1v) is 5.38. The normalized spacial score (nSPS) is 17.7. The zero-order chi connectivity index (χ0) is 11.4. The molecule has 0 bridgehead atoms. The molecule has 3 nitrogen and oxygen atoms in total. The highest BCUT2D eigenvalue weighted by Crippen LogP contribution is 2.13.